The van der Waals surface area contributed by atoms with Crippen LogP contribution < -0.4 is 19.1 Å². The zero-order valence-corrected chi connectivity index (χ0v) is 45.7. The number of carbonyl (C=O) groups excluding carboxylic acids is 6. The van der Waals surface area contributed by atoms with Crippen LogP contribution in [0.15, 0.2) is 146 Å². The summed E-state index contributed by atoms with van der Waals surface area (Å²) in [4.78, 5) is 108. The molecule has 3 saturated heterocycles. The Bertz CT molecular complexity index is 3570. The fraction of sp³-hybridized carbons (Fsp3) is 0.302. The van der Waals surface area contributed by atoms with Crippen molar-refractivity contribution in [1.82, 2.24) is 14.7 Å². The van der Waals surface area contributed by atoms with Gasteiger partial charge >= 0.3 is 24.0 Å². The van der Waals surface area contributed by atoms with Crippen molar-refractivity contribution in [2.24, 2.45) is 11.8 Å². The first-order valence-corrected chi connectivity index (χ1v) is 27.2. The predicted molar refractivity (Wildman–Crippen MR) is 298 cm³/mol. The van der Waals surface area contributed by atoms with Gasteiger partial charge in [0, 0.05) is 56.8 Å². The van der Waals surface area contributed by atoms with E-state index in [0.29, 0.717) is 53.4 Å². The van der Waals surface area contributed by atoms with Gasteiger partial charge in [-0.05, 0) is 88.0 Å². The molecule has 5 heterocycles. The standard InChI is InChI=1S/C63H57N5O16/c1-78-58(71)47(59(72)79-2)18-9-11-39-21-25-49-48(33-39)63(61(74)66(49)62(75)81-37-40-19-23-45(24-20-40)68(76)77)52(57(70)65-29-27-64(28-30-65)36-41-22-26-50-51(34-41)83-38-82-50)54-60(73)84-55(43-14-7-4-8-15-43)53(42-12-5-3-6-13-42)67(54)56(63)44-16-10-17-46(35-44)80-32-31-69/h3-8,10,12-17,19-26,33-35,47,52-56,69H,18,27-32,36-38H2,1-2H3/t52-,53-,54-,55+,56+,63-/m0/s1. The summed E-state index contributed by atoms with van der Waals surface area (Å²) in [7, 11) is 2.26. The Morgan fingerprint density at radius 2 is 1.44 bits per heavy atom. The van der Waals surface area contributed by atoms with Gasteiger partial charge in [-0.25, -0.2) is 9.69 Å². The maximum absolute atomic E-state index is 17.0. The fourth-order valence-corrected chi connectivity index (χ4v) is 12.2. The molecule has 0 aromatic heterocycles. The number of amides is 3. The van der Waals surface area contributed by atoms with Crippen LogP contribution in [0.5, 0.6) is 17.2 Å². The lowest BCUT2D eigenvalue weighted by Crippen LogP contribution is -2.59. The molecule has 5 aliphatic rings. The number of cyclic esters (lactones) is 1. The number of piperazine rings is 1. The van der Waals surface area contributed by atoms with Gasteiger partial charge in [0.05, 0.1) is 49.4 Å². The lowest BCUT2D eigenvalue weighted by molar-refractivity contribution is -0.384. The van der Waals surface area contributed by atoms with Gasteiger partial charge in [0.1, 0.15) is 36.5 Å². The summed E-state index contributed by atoms with van der Waals surface area (Å²) >= 11 is 0. The summed E-state index contributed by atoms with van der Waals surface area (Å²) in [6.45, 7) is 0.862. The molecule has 0 radical (unpaired) electrons. The maximum Gasteiger partial charge on any atom is 0.421 e. The molecule has 21 heteroatoms. The van der Waals surface area contributed by atoms with Gasteiger partial charge in [0.15, 0.2) is 17.4 Å². The van der Waals surface area contributed by atoms with Crippen LogP contribution in [0.2, 0.25) is 0 Å². The van der Waals surface area contributed by atoms with E-state index in [2.05, 4.69) is 16.7 Å². The molecular weight excluding hydrogens is 1080 g/mol. The van der Waals surface area contributed by atoms with E-state index in [4.69, 9.17) is 33.2 Å². The Balaban J connectivity index is 1.11. The fourth-order valence-electron chi connectivity index (χ4n) is 12.2. The van der Waals surface area contributed by atoms with Crippen LogP contribution in [0.1, 0.15) is 63.6 Å². The molecule has 5 aliphatic heterocycles. The number of benzene rings is 6. The Morgan fingerprint density at radius 3 is 2.13 bits per heavy atom. The molecule has 0 saturated carbocycles. The Labute approximate surface area is 482 Å². The zero-order valence-electron chi connectivity index (χ0n) is 45.7. The second-order valence-electron chi connectivity index (χ2n) is 20.7. The number of hydrogen-bond acceptors (Lipinski definition) is 18. The average molecular weight is 1140 g/mol. The third kappa shape index (κ3) is 10.5. The normalized spacial score (nSPS) is 21.5. The number of nitro groups is 1. The Hall–Kier alpha value is -9.62. The molecule has 0 unspecified atom stereocenters. The number of esters is 3. The van der Waals surface area contributed by atoms with E-state index in [1.54, 1.807) is 35.2 Å². The number of rotatable bonds is 15. The van der Waals surface area contributed by atoms with Crippen molar-refractivity contribution < 1.29 is 72.0 Å². The van der Waals surface area contributed by atoms with Gasteiger partial charge in [-0.2, -0.15) is 0 Å². The minimum Gasteiger partial charge on any atom is -0.491 e. The zero-order chi connectivity index (χ0) is 58.6. The molecule has 6 atom stereocenters. The number of fused-ring (bicyclic) bond motifs is 4. The van der Waals surface area contributed by atoms with Crippen molar-refractivity contribution in [1.29, 1.82) is 0 Å². The van der Waals surface area contributed by atoms with E-state index in [1.165, 1.54) is 36.4 Å². The van der Waals surface area contributed by atoms with Gasteiger partial charge in [-0.3, -0.25) is 43.9 Å². The minimum absolute atomic E-state index is 0.00522. The quantitative estimate of drug-likeness (QED) is 0.0279. The van der Waals surface area contributed by atoms with Gasteiger partial charge in [0.25, 0.3) is 5.69 Å². The summed E-state index contributed by atoms with van der Waals surface area (Å²) in [6, 6.07) is 37.1. The van der Waals surface area contributed by atoms with Crippen molar-refractivity contribution >= 4 is 47.2 Å². The molecular formula is C63H57N5O16. The van der Waals surface area contributed by atoms with Gasteiger partial charge in [-0.15, -0.1) is 0 Å². The van der Waals surface area contributed by atoms with E-state index in [-0.39, 0.29) is 67.8 Å². The first-order valence-electron chi connectivity index (χ1n) is 27.2. The van der Waals surface area contributed by atoms with Crippen LogP contribution in [0, 0.1) is 33.8 Å². The smallest absolute Gasteiger partial charge is 0.421 e. The second-order valence-corrected chi connectivity index (χ2v) is 20.7. The monoisotopic (exact) mass is 1140 g/mol. The van der Waals surface area contributed by atoms with Crippen LogP contribution in [0.4, 0.5) is 16.2 Å². The summed E-state index contributed by atoms with van der Waals surface area (Å²) < 4.78 is 39.6. The highest BCUT2D eigenvalue weighted by Gasteiger charge is 2.76. The highest BCUT2D eigenvalue weighted by molar-refractivity contribution is 6.23. The second kappa shape index (κ2) is 24.1. The molecule has 3 amide bonds. The topological polar surface area (TPSA) is 243 Å². The van der Waals surface area contributed by atoms with Crippen molar-refractivity contribution in [3.05, 3.63) is 195 Å². The molecule has 0 aliphatic carbocycles. The van der Waals surface area contributed by atoms with E-state index in [9.17, 15) is 24.8 Å². The molecule has 1 N–H and O–H groups in total. The summed E-state index contributed by atoms with van der Waals surface area (Å²) in [6.07, 6.45) is -2.54. The van der Waals surface area contributed by atoms with Gasteiger partial charge in [-0.1, -0.05) is 90.7 Å². The predicted octanol–water partition coefficient (Wildman–Crippen LogP) is 6.75. The molecule has 21 nitrogen and oxygen atoms in total. The summed E-state index contributed by atoms with van der Waals surface area (Å²) in [5.41, 5.74) is 0.874. The Kier molecular flexibility index (Phi) is 16.1. The molecule has 3 fully saturated rings. The van der Waals surface area contributed by atoms with Gasteiger partial charge < -0.3 is 43.2 Å². The molecule has 6 aromatic carbocycles. The summed E-state index contributed by atoms with van der Waals surface area (Å²) in [5.74, 6) is 0.336. The van der Waals surface area contributed by atoms with E-state index in [1.807, 2.05) is 83.8 Å². The third-order valence-electron chi connectivity index (χ3n) is 16.0. The number of aliphatic hydroxyl groups is 1. The number of nitro benzene ring substituents is 1. The number of methoxy groups -OCH3 is 2. The van der Waals surface area contributed by atoms with Crippen LogP contribution in [-0.2, 0) is 61.5 Å². The number of hydrogen-bond donors (Lipinski definition) is 1. The molecule has 11 rings (SSSR count). The van der Waals surface area contributed by atoms with Crippen molar-refractivity contribution in [2.75, 3.05) is 65.3 Å². The Morgan fingerprint density at radius 1 is 0.762 bits per heavy atom. The largest absolute Gasteiger partial charge is 0.491 e. The van der Waals surface area contributed by atoms with Crippen molar-refractivity contribution in [3.8, 4) is 29.1 Å². The number of aliphatic hydroxyl groups excluding tert-OH is 1. The molecule has 430 valence electrons. The van der Waals surface area contributed by atoms with E-state index < -0.39 is 88.8 Å². The first-order chi connectivity index (χ1) is 40.8. The van der Waals surface area contributed by atoms with Crippen LogP contribution in [0.25, 0.3) is 0 Å². The lowest BCUT2D eigenvalue weighted by Gasteiger charge is -2.46. The average Bonchev–Trinajstić information content (AvgIpc) is 1.51. The number of nitrogens with zero attached hydrogens (tertiary/aromatic N) is 5. The first kappa shape index (κ1) is 56.3. The van der Waals surface area contributed by atoms with Crippen molar-refractivity contribution in [2.45, 2.75) is 49.2 Å². The van der Waals surface area contributed by atoms with Crippen molar-refractivity contribution in [3.63, 3.8) is 0 Å². The van der Waals surface area contributed by atoms with Crippen LogP contribution in [-0.4, -0.2) is 127 Å². The van der Waals surface area contributed by atoms with E-state index >= 15 is 19.2 Å². The number of imide groups is 1. The number of carbonyl (C=O) groups is 6. The number of ether oxygens (including phenoxy) is 7. The summed E-state index contributed by atoms with van der Waals surface area (Å²) in [5, 5.41) is 21.5. The highest BCUT2D eigenvalue weighted by Crippen LogP contribution is 2.66. The van der Waals surface area contributed by atoms with Crippen LogP contribution >= 0.6 is 0 Å². The minimum atomic E-state index is -2.25. The van der Waals surface area contributed by atoms with Gasteiger partial charge in [0.2, 0.25) is 18.6 Å². The highest BCUT2D eigenvalue weighted by atomic mass is 16.7. The van der Waals surface area contributed by atoms with E-state index in [0.717, 1.165) is 24.7 Å². The molecule has 1 spiro atoms. The SMILES string of the molecule is COC(=O)C(CC#Cc1ccc2c(c1)[C@]1(C(=O)N2C(=O)OCc2ccc([N+](=O)[O-])cc2)[C@H](C(=O)N2CCN(Cc3ccc4c(c3)OCO4)CC2)[C@H]2C(=O)O[C@H](c3ccccc3)[C@H](c3ccccc3)N2[C@@H]1c1cccc(OCCO)c1)C(=O)OC. The van der Waals surface area contributed by atoms with Crippen LogP contribution in [0.3, 0.4) is 0 Å². The lowest BCUT2D eigenvalue weighted by atomic mass is 9.64. The third-order valence-corrected chi connectivity index (χ3v) is 16.0. The maximum atomic E-state index is 17.0. The number of anilines is 1. The molecule has 6 aromatic rings. The molecule has 84 heavy (non-hydrogen) atoms. The number of non-ortho nitro benzene ring substituents is 1. The molecule has 0 bridgehead atoms. The number of morpholine rings is 1.